The molecule has 1 atom stereocenters. The van der Waals surface area contributed by atoms with Gasteiger partial charge in [-0.15, -0.1) is 11.8 Å². The number of hydrogen-bond donors (Lipinski definition) is 1. The summed E-state index contributed by atoms with van der Waals surface area (Å²) < 4.78 is 0. The van der Waals surface area contributed by atoms with Gasteiger partial charge in [-0.2, -0.15) is 0 Å². The number of thioether (sulfide) groups is 1. The fraction of sp³-hybridized carbons (Fsp3) is 0.333. The number of benzene rings is 1. The SMILES string of the molecule is CC(N)CSc1ccccc1. The molecular formula is C9H13NS. The highest BCUT2D eigenvalue weighted by molar-refractivity contribution is 7.99. The van der Waals surface area contributed by atoms with E-state index in [9.17, 15) is 0 Å². The Labute approximate surface area is 72.0 Å². The third-order valence-corrected chi connectivity index (χ3v) is 2.55. The zero-order valence-corrected chi connectivity index (χ0v) is 7.47. The van der Waals surface area contributed by atoms with E-state index in [1.165, 1.54) is 4.90 Å². The van der Waals surface area contributed by atoms with Crippen molar-refractivity contribution in [1.82, 2.24) is 0 Å². The zero-order valence-electron chi connectivity index (χ0n) is 6.66. The summed E-state index contributed by atoms with van der Waals surface area (Å²) in [4.78, 5) is 1.30. The zero-order chi connectivity index (χ0) is 8.10. The highest BCUT2D eigenvalue weighted by Crippen LogP contribution is 2.16. The van der Waals surface area contributed by atoms with Crippen LogP contribution in [-0.2, 0) is 0 Å². The molecule has 0 saturated carbocycles. The first-order valence-corrected chi connectivity index (χ1v) is 4.71. The summed E-state index contributed by atoms with van der Waals surface area (Å²) in [5.41, 5.74) is 5.62. The minimum atomic E-state index is 0.278. The topological polar surface area (TPSA) is 26.0 Å². The fourth-order valence-corrected chi connectivity index (χ4v) is 1.55. The predicted molar refractivity (Wildman–Crippen MR) is 50.8 cm³/mol. The molecule has 2 N–H and O–H groups in total. The lowest BCUT2D eigenvalue weighted by molar-refractivity contribution is 0.847. The van der Waals surface area contributed by atoms with E-state index in [1.54, 1.807) is 11.8 Å². The van der Waals surface area contributed by atoms with Gasteiger partial charge < -0.3 is 5.73 Å². The van der Waals surface area contributed by atoms with Gasteiger partial charge in [0.2, 0.25) is 0 Å². The van der Waals surface area contributed by atoms with Gasteiger partial charge in [-0.05, 0) is 19.1 Å². The molecular weight excluding hydrogens is 154 g/mol. The van der Waals surface area contributed by atoms with Crippen LogP contribution in [0.3, 0.4) is 0 Å². The highest BCUT2D eigenvalue weighted by Gasteiger charge is 1.95. The van der Waals surface area contributed by atoms with E-state index in [4.69, 9.17) is 5.73 Å². The maximum Gasteiger partial charge on any atom is 0.0129 e. The second-order valence-corrected chi connectivity index (χ2v) is 3.69. The molecule has 0 saturated heterocycles. The van der Waals surface area contributed by atoms with E-state index in [1.807, 2.05) is 25.1 Å². The van der Waals surface area contributed by atoms with Crippen LogP contribution in [0.25, 0.3) is 0 Å². The maximum atomic E-state index is 5.62. The average molecular weight is 167 g/mol. The van der Waals surface area contributed by atoms with Crippen LogP contribution in [0.2, 0.25) is 0 Å². The first-order valence-electron chi connectivity index (χ1n) is 3.72. The molecule has 0 spiro atoms. The Morgan fingerprint density at radius 2 is 2.00 bits per heavy atom. The number of hydrogen-bond acceptors (Lipinski definition) is 2. The van der Waals surface area contributed by atoms with Crippen molar-refractivity contribution in [3.8, 4) is 0 Å². The average Bonchev–Trinajstić information content (AvgIpc) is 2.03. The van der Waals surface area contributed by atoms with Crippen LogP contribution in [0.4, 0.5) is 0 Å². The molecule has 1 unspecified atom stereocenters. The first-order chi connectivity index (χ1) is 5.29. The largest absolute Gasteiger partial charge is 0.327 e. The minimum absolute atomic E-state index is 0.278. The molecule has 1 nitrogen and oxygen atoms in total. The molecule has 1 aromatic carbocycles. The Hall–Kier alpha value is -0.470. The molecule has 0 bridgehead atoms. The summed E-state index contributed by atoms with van der Waals surface area (Å²) >= 11 is 1.80. The van der Waals surface area contributed by atoms with Gasteiger partial charge in [0.1, 0.15) is 0 Å². The van der Waals surface area contributed by atoms with Gasteiger partial charge in [0, 0.05) is 16.7 Å². The Balaban J connectivity index is 2.39. The molecule has 0 aliphatic heterocycles. The van der Waals surface area contributed by atoms with Crippen LogP contribution in [0, 0.1) is 0 Å². The predicted octanol–water partition coefficient (Wildman–Crippen LogP) is 2.13. The first kappa shape index (κ1) is 8.62. The molecule has 1 rings (SSSR count). The molecule has 60 valence electrons. The number of nitrogens with two attached hydrogens (primary N) is 1. The Morgan fingerprint density at radius 3 is 2.55 bits per heavy atom. The third-order valence-electron chi connectivity index (χ3n) is 1.26. The maximum absolute atomic E-state index is 5.62. The summed E-state index contributed by atoms with van der Waals surface area (Å²) in [5.74, 6) is 0.990. The molecule has 0 aliphatic carbocycles. The van der Waals surface area contributed by atoms with E-state index in [0.717, 1.165) is 5.75 Å². The van der Waals surface area contributed by atoms with E-state index in [-0.39, 0.29) is 6.04 Å². The van der Waals surface area contributed by atoms with Gasteiger partial charge in [-0.25, -0.2) is 0 Å². The van der Waals surface area contributed by atoms with Crippen molar-refractivity contribution in [3.05, 3.63) is 30.3 Å². The number of rotatable bonds is 3. The van der Waals surface area contributed by atoms with Gasteiger partial charge in [0.25, 0.3) is 0 Å². The fourth-order valence-electron chi connectivity index (χ4n) is 0.744. The second kappa shape index (κ2) is 4.42. The molecule has 2 heteroatoms. The highest BCUT2D eigenvalue weighted by atomic mass is 32.2. The van der Waals surface area contributed by atoms with Gasteiger partial charge >= 0.3 is 0 Å². The smallest absolute Gasteiger partial charge is 0.0129 e. The summed E-state index contributed by atoms with van der Waals surface area (Å²) in [7, 11) is 0. The molecule has 11 heavy (non-hydrogen) atoms. The lowest BCUT2D eigenvalue weighted by Gasteiger charge is -2.03. The van der Waals surface area contributed by atoms with Gasteiger partial charge in [-0.3, -0.25) is 0 Å². The van der Waals surface area contributed by atoms with Crippen LogP contribution in [0.5, 0.6) is 0 Å². The molecule has 0 radical (unpaired) electrons. The lowest BCUT2D eigenvalue weighted by Crippen LogP contribution is -2.17. The van der Waals surface area contributed by atoms with Crippen LogP contribution in [-0.4, -0.2) is 11.8 Å². The molecule has 0 fully saturated rings. The monoisotopic (exact) mass is 167 g/mol. The molecule has 0 aromatic heterocycles. The molecule has 0 heterocycles. The van der Waals surface area contributed by atoms with Crippen molar-refractivity contribution >= 4 is 11.8 Å². The van der Waals surface area contributed by atoms with Crippen LogP contribution >= 0.6 is 11.8 Å². The summed E-state index contributed by atoms with van der Waals surface area (Å²) in [5, 5.41) is 0. The van der Waals surface area contributed by atoms with E-state index < -0.39 is 0 Å². The normalized spacial score (nSPS) is 12.9. The van der Waals surface area contributed by atoms with Crippen molar-refractivity contribution in [2.24, 2.45) is 5.73 Å². The van der Waals surface area contributed by atoms with E-state index in [0.29, 0.717) is 0 Å². The Bertz CT molecular complexity index is 196. The summed E-state index contributed by atoms with van der Waals surface area (Å²) in [6.45, 7) is 2.02. The summed E-state index contributed by atoms with van der Waals surface area (Å²) in [6, 6.07) is 10.6. The van der Waals surface area contributed by atoms with E-state index in [2.05, 4.69) is 12.1 Å². The van der Waals surface area contributed by atoms with Crippen LogP contribution < -0.4 is 5.73 Å². The summed E-state index contributed by atoms with van der Waals surface area (Å²) in [6.07, 6.45) is 0. The quantitative estimate of drug-likeness (QED) is 0.698. The van der Waals surface area contributed by atoms with Crippen LogP contribution in [0.15, 0.2) is 35.2 Å². The van der Waals surface area contributed by atoms with Crippen molar-refractivity contribution in [2.75, 3.05) is 5.75 Å². The van der Waals surface area contributed by atoms with Crippen molar-refractivity contribution in [2.45, 2.75) is 17.9 Å². The second-order valence-electron chi connectivity index (χ2n) is 2.60. The van der Waals surface area contributed by atoms with Gasteiger partial charge in [0.05, 0.1) is 0 Å². The van der Waals surface area contributed by atoms with Crippen molar-refractivity contribution in [1.29, 1.82) is 0 Å². The molecule has 0 aliphatic rings. The van der Waals surface area contributed by atoms with E-state index >= 15 is 0 Å². The molecule has 0 amide bonds. The van der Waals surface area contributed by atoms with Gasteiger partial charge in [-0.1, -0.05) is 18.2 Å². The van der Waals surface area contributed by atoms with Crippen molar-refractivity contribution in [3.63, 3.8) is 0 Å². The Morgan fingerprint density at radius 1 is 1.36 bits per heavy atom. The van der Waals surface area contributed by atoms with Gasteiger partial charge in [0.15, 0.2) is 0 Å². The lowest BCUT2D eigenvalue weighted by atomic mass is 10.4. The van der Waals surface area contributed by atoms with Crippen LogP contribution in [0.1, 0.15) is 6.92 Å². The Kier molecular flexibility index (Phi) is 3.46. The minimum Gasteiger partial charge on any atom is -0.327 e. The van der Waals surface area contributed by atoms with Crippen molar-refractivity contribution < 1.29 is 0 Å². The molecule has 1 aromatic rings. The third kappa shape index (κ3) is 3.44. The standard InChI is InChI=1S/C9H13NS/c1-8(10)7-11-9-5-3-2-4-6-9/h2-6,8H,7,10H2,1H3.